The SMILES string of the molecule is c1ccc(-c2ccc3c(c2)c2cc(-c4ccccc4)ccc2n3-c2ccc3cc(-c4ccc5cc(-c6nc(-c7ccccc7)nc(-c7ccccc7)n6)ccc5c4)ccc3c2)cc1. The fraction of sp³-hybridized carbons (Fsp3) is 0. The number of aromatic nitrogens is 4. The molecule has 0 saturated carbocycles. The Labute approximate surface area is 365 Å². The highest BCUT2D eigenvalue weighted by molar-refractivity contribution is 6.12. The zero-order valence-electron chi connectivity index (χ0n) is 34.2. The third kappa shape index (κ3) is 6.71. The van der Waals surface area contributed by atoms with Crippen LogP contribution in [0.4, 0.5) is 0 Å². The molecule has 0 aliphatic carbocycles. The molecule has 4 nitrogen and oxygen atoms in total. The molecular formula is C59H38N4. The Kier molecular flexibility index (Phi) is 8.79. The van der Waals surface area contributed by atoms with E-state index in [9.17, 15) is 0 Å². The minimum Gasteiger partial charge on any atom is -0.309 e. The quantitative estimate of drug-likeness (QED) is 0.161. The van der Waals surface area contributed by atoms with Crippen LogP contribution in [0.15, 0.2) is 231 Å². The van der Waals surface area contributed by atoms with Crippen molar-refractivity contribution in [1.82, 2.24) is 19.5 Å². The van der Waals surface area contributed by atoms with Crippen molar-refractivity contribution in [2.45, 2.75) is 0 Å². The van der Waals surface area contributed by atoms with Gasteiger partial charge in [0.1, 0.15) is 0 Å². The van der Waals surface area contributed by atoms with Gasteiger partial charge in [-0.15, -0.1) is 0 Å². The summed E-state index contributed by atoms with van der Waals surface area (Å²) in [7, 11) is 0. The largest absolute Gasteiger partial charge is 0.309 e. The van der Waals surface area contributed by atoms with Gasteiger partial charge in [-0.05, 0) is 110 Å². The fourth-order valence-electron chi connectivity index (χ4n) is 8.98. The van der Waals surface area contributed by atoms with Crippen molar-refractivity contribution in [2.75, 3.05) is 0 Å². The van der Waals surface area contributed by atoms with E-state index >= 15 is 0 Å². The number of benzene rings is 10. The van der Waals surface area contributed by atoms with Crippen LogP contribution in [-0.2, 0) is 0 Å². The number of nitrogens with zero attached hydrogens (tertiary/aromatic N) is 4. The summed E-state index contributed by atoms with van der Waals surface area (Å²) in [4.78, 5) is 14.8. The maximum absolute atomic E-state index is 4.96. The van der Waals surface area contributed by atoms with Crippen molar-refractivity contribution < 1.29 is 0 Å². The summed E-state index contributed by atoms with van der Waals surface area (Å²) in [5, 5.41) is 7.16. The summed E-state index contributed by atoms with van der Waals surface area (Å²) >= 11 is 0. The van der Waals surface area contributed by atoms with E-state index in [1.54, 1.807) is 0 Å². The van der Waals surface area contributed by atoms with E-state index in [2.05, 4.69) is 174 Å². The summed E-state index contributed by atoms with van der Waals surface area (Å²) in [6, 6.07) is 82.1. The molecule has 0 unspecified atom stereocenters. The topological polar surface area (TPSA) is 43.6 Å². The van der Waals surface area contributed by atoms with Crippen LogP contribution < -0.4 is 0 Å². The van der Waals surface area contributed by atoms with Gasteiger partial charge in [0.15, 0.2) is 17.5 Å². The van der Waals surface area contributed by atoms with Gasteiger partial charge in [-0.25, -0.2) is 15.0 Å². The monoisotopic (exact) mass is 802 g/mol. The lowest BCUT2D eigenvalue weighted by Crippen LogP contribution is -2.00. The average Bonchev–Trinajstić information content (AvgIpc) is 3.69. The zero-order valence-corrected chi connectivity index (χ0v) is 34.2. The second kappa shape index (κ2) is 15.2. The third-order valence-corrected chi connectivity index (χ3v) is 12.2. The van der Waals surface area contributed by atoms with Crippen LogP contribution in [0, 0.1) is 0 Å². The fourth-order valence-corrected chi connectivity index (χ4v) is 8.98. The zero-order chi connectivity index (χ0) is 41.7. The van der Waals surface area contributed by atoms with Gasteiger partial charge in [-0.2, -0.15) is 0 Å². The van der Waals surface area contributed by atoms with E-state index in [4.69, 9.17) is 15.0 Å². The molecule has 0 radical (unpaired) electrons. The van der Waals surface area contributed by atoms with Crippen molar-refractivity contribution in [3.8, 4) is 73.2 Å². The third-order valence-electron chi connectivity index (χ3n) is 12.2. The molecule has 0 bridgehead atoms. The Morgan fingerprint density at radius 3 is 1.03 bits per heavy atom. The summed E-state index contributed by atoms with van der Waals surface area (Å²) in [5.74, 6) is 1.96. The van der Waals surface area contributed by atoms with Gasteiger partial charge in [-0.1, -0.05) is 176 Å². The van der Waals surface area contributed by atoms with E-state index in [1.807, 2.05) is 60.7 Å². The van der Waals surface area contributed by atoms with E-state index in [-0.39, 0.29) is 0 Å². The Morgan fingerprint density at radius 1 is 0.238 bits per heavy atom. The maximum atomic E-state index is 4.96. The lowest BCUT2D eigenvalue weighted by atomic mass is 9.97. The molecule has 0 fully saturated rings. The first-order valence-corrected chi connectivity index (χ1v) is 21.3. The van der Waals surface area contributed by atoms with Crippen LogP contribution in [0.5, 0.6) is 0 Å². The molecule has 0 atom stereocenters. The average molecular weight is 803 g/mol. The summed E-state index contributed by atoms with van der Waals surface area (Å²) in [6.45, 7) is 0. The van der Waals surface area contributed by atoms with Crippen molar-refractivity contribution >= 4 is 43.4 Å². The van der Waals surface area contributed by atoms with Gasteiger partial charge < -0.3 is 4.57 Å². The predicted molar refractivity (Wildman–Crippen MR) is 262 cm³/mol. The molecule has 294 valence electrons. The summed E-state index contributed by atoms with van der Waals surface area (Å²) in [5.41, 5.74) is 13.6. The number of hydrogen-bond acceptors (Lipinski definition) is 3. The molecule has 0 saturated heterocycles. The van der Waals surface area contributed by atoms with E-state index < -0.39 is 0 Å². The summed E-state index contributed by atoms with van der Waals surface area (Å²) in [6.07, 6.45) is 0. The number of rotatable bonds is 7. The van der Waals surface area contributed by atoms with Gasteiger partial charge in [-0.3, -0.25) is 0 Å². The molecule has 10 aromatic carbocycles. The van der Waals surface area contributed by atoms with Gasteiger partial charge in [0.2, 0.25) is 0 Å². The summed E-state index contributed by atoms with van der Waals surface area (Å²) < 4.78 is 2.42. The molecule has 0 aliphatic rings. The predicted octanol–water partition coefficient (Wildman–Crippen LogP) is 15.3. The first-order chi connectivity index (χ1) is 31.2. The van der Waals surface area contributed by atoms with Crippen LogP contribution in [0.2, 0.25) is 0 Å². The minimum atomic E-state index is 0.650. The Morgan fingerprint density at radius 2 is 0.571 bits per heavy atom. The molecule has 2 heterocycles. The molecule has 4 heteroatoms. The van der Waals surface area contributed by atoms with Crippen molar-refractivity contribution in [2.24, 2.45) is 0 Å². The van der Waals surface area contributed by atoms with Crippen LogP contribution in [0.3, 0.4) is 0 Å². The highest BCUT2D eigenvalue weighted by atomic mass is 15.0. The molecular weight excluding hydrogens is 765 g/mol. The number of fused-ring (bicyclic) bond motifs is 5. The van der Waals surface area contributed by atoms with Gasteiger partial charge >= 0.3 is 0 Å². The highest BCUT2D eigenvalue weighted by Crippen LogP contribution is 2.38. The van der Waals surface area contributed by atoms with Crippen LogP contribution >= 0.6 is 0 Å². The van der Waals surface area contributed by atoms with Gasteiger partial charge in [0.05, 0.1) is 11.0 Å². The van der Waals surface area contributed by atoms with Crippen LogP contribution in [0.25, 0.3) is 117 Å². The van der Waals surface area contributed by atoms with Gasteiger partial charge in [0.25, 0.3) is 0 Å². The second-order valence-corrected chi connectivity index (χ2v) is 16.1. The number of hydrogen-bond donors (Lipinski definition) is 0. The smallest absolute Gasteiger partial charge is 0.164 e. The lowest BCUT2D eigenvalue weighted by molar-refractivity contribution is 1.07. The van der Waals surface area contributed by atoms with E-state index in [0.29, 0.717) is 17.5 Å². The van der Waals surface area contributed by atoms with Crippen LogP contribution in [0.1, 0.15) is 0 Å². The highest BCUT2D eigenvalue weighted by Gasteiger charge is 2.17. The van der Waals surface area contributed by atoms with Crippen LogP contribution in [-0.4, -0.2) is 19.5 Å². The van der Waals surface area contributed by atoms with Crippen molar-refractivity contribution in [1.29, 1.82) is 0 Å². The molecule has 0 spiro atoms. The van der Waals surface area contributed by atoms with E-state index in [1.165, 1.54) is 66.0 Å². The molecule has 2 aromatic heterocycles. The normalized spacial score (nSPS) is 11.5. The molecule has 0 amide bonds. The van der Waals surface area contributed by atoms with Gasteiger partial charge in [0, 0.05) is 33.2 Å². The minimum absolute atomic E-state index is 0.650. The standard InChI is InChI=1S/C59H38N4/c1-5-13-39(14-6-1)49-28-31-55-53(37-49)54-38-50(40-15-7-2-8-16-40)29-32-56(54)63(55)52-30-27-47-34-44(23-24-48(47)36-52)43-21-22-46-35-51(26-25-45(46)33-43)59-61-57(41-17-9-3-10-18-41)60-58(62-59)42-19-11-4-12-20-42/h1-38H. The molecule has 0 N–H and O–H groups in total. The molecule has 63 heavy (non-hydrogen) atoms. The maximum Gasteiger partial charge on any atom is 0.164 e. The Balaban J connectivity index is 0.897. The van der Waals surface area contributed by atoms with Crippen molar-refractivity contribution in [3.63, 3.8) is 0 Å². The Hall–Kier alpha value is -8.47. The second-order valence-electron chi connectivity index (χ2n) is 16.1. The van der Waals surface area contributed by atoms with Crippen molar-refractivity contribution in [3.05, 3.63) is 231 Å². The Bertz CT molecular complexity index is 3500. The molecule has 12 aromatic rings. The first-order valence-electron chi connectivity index (χ1n) is 21.3. The lowest BCUT2D eigenvalue weighted by Gasteiger charge is -2.12. The van der Waals surface area contributed by atoms with E-state index in [0.717, 1.165) is 33.2 Å². The molecule has 12 rings (SSSR count). The first kappa shape index (κ1) is 36.4. The molecule has 0 aliphatic heterocycles.